The summed E-state index contributed by atoms with van der Waals surface area (Å²) >= 11 is 0. The van der Waals surface area contributed by atoms with E-state index in [9.17, 15) is 9.90 Å². The van der Waals surface area contributed by atoms with E-state index in [1.54, 1.807) is 6.08 Å². The van der Waals surface area contributed by atoms with Gasteiger partial charge in [-0.15, -0.1) is 0 Å². The van der Waals surface area contributed by atoms with Gasteiger partial charge in [0.25, 0.3) is 0 Å². The molecule has 104 valence electrons. The first-order valence-corrected chi connectivity index (χ1v) is 6.50. The Labute approximate surface area is 115 Å². The van der Waals surface area contributed by atoms with Crippen LogP contribution < -0.4 is 5.32 Å². The minimum Gasteiger partial charge on any atom is -0.391 e. The van der Waals surface area contributed by atoms with Crippen molar-refractivity contribution in [1.82, 2.24) is 5.32 Å². The van der Waals surface area contributed by atoms with Gasteiger partial charge < -0.3 is 10.4 Å². The highest BCUT2D eigenvalue weighted by atomic mass is 16.3. The van der Waals surface area contributed by atoms with E-state index in [4.69, 9.17) is 0 Å². The number of aliphatic hydroxyl groups excluding tert-OH is 1. The minimum absolute atomic E-state index is 0.176. The monoisotopic (exact) mass is 261 g/mol. The normalized spacial score (nSPS) is 14.1. The number of hydrogen-bond acceptors (Lipinski definition) is 2. The van der Waals surface area contributed by atoms with Crippen molar-refractivity contribution in [2.45, 2.75) is 33.8 Å². The molecule has 1 unspecified atom stereocenters. The van der Waals surface area contributed by atoms with E-state index >= 15 is 0 Å². The largest absolute Gasteiger partial charge is 0.391 e. The lowest BCUT2D eigenvalue weighted by atomic mass is 9.89. The molecule has 0 saturated heterocycles. The van der Waals surface area contributed by atoms with E-state index in [0.29, 0.717) is 0 Å². The van der Waals surface area contributed by atoms with Crippen molar-refractivity contribution in [3.05, 3.63) is 42.0 Å². The third-order valence-corrected chi connectivity index (χ3v) is 3.05. The number of hydrogen-bond donors (Lipinski definition) is 2. The highest BCUT2D eigenvalue weighted by Crippen LogP contribution is 2.18. The minimum atomic E-state index is -0.554. The molecule has 0 aromatic heterocycles. The zero-order valence-electron chi connectivity index (χ0n) is 12.1. The quantitative estimate of drug-likeness (QED) is 0.819. The van der Waals surface area contributed by atoms with Crippen LogP contribution in [0.1, 0.15) is 33.3 Å². The van der Waals surface area contributed by atoms with Crippen molar-refractivity contribution in [3.63, 3.8) is 0 Å². The van der Waals surface area contributed by atoms with Crippen LogP contribution in [-0.2, 0) is 4.79 Å². The molecule has 0 aliphatic carbocycles. The van der Waals surface area contributed by atoms with Crippen molar-refractivity contribution in [1.29, 1.82) is 0 Å². The van der Waals surface area contributed by atoms with Crippen LogP contribution in [0.4, 0.5) is 0 Å². The van der Waals surface area contributed by atoms with Gasteiger partial charge in [0.2, 0.25) is 5.91 Å². The van der Waals surface area contributed by atoms with Crippen LogP contribution in [0.25, 0.3) is 5.57 Å². The molecule has 0 radical (unpaired) electrons. The van der Waals surface area contributed by atoms with Gasteiger partial charge in [-0.3, -0.25) is 4.79 Å². The fraction of sp³-hybridized carbons (Fsp3) is 0.438. The van der Waals surface area contributed by atoms with Crippen LogP contribution in [0.3, 0.4) is 0 Å². The Morgan fingerprint density at radius 3 is 2.42 bits per heavy atom. The number of aliphatic hydroxyl groups is 1. The zero-order chi connectivity index (χ0) is 14.5. The maximum absolute atomic E-state index is 11.8. The van der Waals surface area contributed by atoms with E-state index < -0.39 is 6.10 Å². The third-order valence-electron chi connectivity index (χ3n) is 3.05. The van der Waals surface area contributed by atoms with Crippen LogP contribution in [0.15, 0.2) is 36.4 Å². The third kappa shape index (κ3) is 5.26. The average Bonchev–Trinajstić information content (AvgIpc) is 2.35. The molecular weight excluding hydrogens is 238 g/mol. The summed E-state index contributed by atoms with van der Waals surface area (Å²) in [5.74, 6) is -0.176. The van der Waals surface area contributed by atoms with Gasteiger partial charge in [-0.2, -0.15) is 0 Å². The van der Waals surface area contributed by atoms with Crippen LogP contribution in [0, 0.1) is 5.41 Å². The van der Waals surface area contributed by atoms with Crippen LogP contribution in [0.2, 0.25) is 0 Å². The second kappa shape index (κ2) is 6.53. The summed E-state index contributed by atoms with van der Waals surface area (Å²) in [6.07, 6.45) is 1.01. The first-order chi connectivity index (χ1) is 8.80. The van der Waals surface area contributed by atoms with Gasteiger partial charge in [0.05, 0.1) is 6.10 Å². The van der Waals surface area contributed by atoms with E-state index in [2.05, 4.69) is 5.32 Å². The first kappa shape index (κ1) is 15.4. The second-order valence-corrected chi connectivity index (χ2v) is 5.82. The topological polar surface area (TPSA) is 49.3 Å². The maximum Gasteiger partial charge on any atom is 0.244 e. The number of benzene rings is 1. The second-order valence-electron chi connectivity index (χ2n) is 5.82. The van der Waals surface area contributed by atoms with E-state index in [1.807, 2.05) is 58.0 Å². The van der Waals surface area contributed by atoms with Crippen LogP contribution in [0.5, 0.6) is 0 Å². The number of carbonyl (C=O) groups is 1. The smallest absolute Gasteiger partial charge is 0.244 e. The average molecular weight is 261 g/mol. The van der Waals surface area contributed by atoms with Crippen molar-refractivity contribution in [3.8, 4) is 0 Å². The van der Waals surface area contributed by atoms with Crippen molar-refractivity contribution in [2.24, 2.45) is 5.41 Å². The molecule has 3 nitrogen and oxygen atoms in total. The molecule has 1 aromatic rings. The molecule has 0 saturated carbocycles. The molecule has 0 heterocycles. The molecule has 0 aliphatic rings. The Morgan fingerprint density at radius 2 is 1.89 bits per heavy atom. The predicted molar refractivity (Wildman–Crippen MR) is 78.6 cm³/mol. The lowest BCUT2D eigenvalue weighted by Gasteiger charge is -2.25. The molecular formula is C16H23NO2. The van der Waals surface area contributed by atoms with Gasteiger partial charge in [0, 0.05) is 12.6 Å². The van der Waals surface area contributed by atoms with Gasteiger partial charge in [-0.05, 0) is 23.5 Å². The Balaban J connectivity index is 2.56. The van der Waals surface area contributed by atoms with Crippen LogP contribution >= 0.6 is 0 Å². The van der Waals surface area contributed by atoms with Crippen molar-refractivity contribution in [2.75, 3.05) is 6.54 Å². The lowest BCUT2D eigenvalue weighted by Crippen LogP contribution is -2.38. The molecule has 1 amide bonds. The predicted octanol–water partition coefficient (Wildman–Crippen LogP) is 2.61. The highest BCUT2D eigenvalue weighted by molar-refractivity contribution is 5.94. The van der Waals surface area contributed by atoms with E-state index in [-0.39, 0.29) is 17.9 Å². The Hall–Kier alpha value is -1.61. The molecule has 1 rings (SSSR count). The van der Waals surface area contributed by atoms with Gasteiger partial charge in [0.15, 0.2) is 0 Å². The fourth-order valence-corrected chi connectivity index (χ4v) is 1.54. The lowest BCUT2D eigenvalue weighted by molar-refractivity contribution is -0.117. The van der Waals surface area contributed by atoms with Crippen LogP contribution in [-0.4, -0.2) is 23.7 Å². The van der Waals surface area contributed by atoms with Gasteiger partial charge in [-0.25, -0.2) is 0 Å². The summed E-state index contributed by atoms with van der Waals surface area (Å²) in [4.78, 5) is 11.8. The Bertz CT molecular complexity index is 444. The van der Waals surface area contributed by atoms with Gasteiger partial charge in [0.1, 0.15) is 0 Å². The number of rotatable bonds is 4. The van der Waals surface area contributed by atoms with E-state index in [0.717, 1.165) is 11.1 Å². The number of allylic oxidation sites excluding steroid dienone is 1. The molecule has 0 fully saturated rings. The molecule has 0 bridgehead atoms. The molecule has 1 atom stereocenters. The Kier molecular flexibility index (Phi) is 5.31. The zero-order valence-corrected chi connectivity index (χ0v) is 12.1. The summed E-state index contributed by atoms with van der Waals surface area (Å²) in [6.45, 7) is 7.98. The van der Waals surface area contributed by atoms with E-state index in [1.165, 1.54) is 0 Å². The Morgan fingerprint density at radius 1 is 1.32 bits per heavy atom. The molecule has 2 N–H and O–H groups in total. The summed E-state index contributed by atoms with van der Waals surface area (Å²) in [6, 6.07) is 9.74. The molecule has 0 spiro atoms. The standard InChI is InChI=1S/C16H23NO2/c1-12(13-8-6-5-7-9-13)10-15(19)17-11-14(18)16(2,3)4/h5-10,14,18H,11H2,1-4H3,(H,17,19)/b12-10-. The highest BCUT2D eigenvalue weighted by Gasteiger charge is 2.21. The SMILES string of the molecule is C/C(=C/C(=O)NCC(O)C(C)(C)C)c1ccccc1. The molecule has 19 heavy (non-hydrogen) atoms. The fourth-order valence-electron chi connectivity index (χ4n) is 1.54. The first-order valence-electron chi connectivity index (χ1n) is 6.50. The van der Waals surface area contributed by atoms with Crippen molar-refractivity contribution < 1.29 is 9.90 Å². The molecule has 0 aliphatic heterocycles. The van der Waals surface area contributed by atoms with Crippen molar-refractivity contribution >= 4 is 11.5 Å². The number of nitrogens with one attached hydrogen (secondary N) is 1. The molecule has 1 aromatic carbocycles. The maximum atomic E-state index is 11.8. The summed E-state index contributed by atoms with van der Waals surface area (Å²) in [5, 5.41) is 12.6. The van der Waals surface area contributed by atoms with Gasteiger partial charge >= 0.3 is 0 Å². The summed E-state index contributed by atoms with van der Waals surface area (Å²) in [5.41, 5.74) is 1.70. The summed E-state index contributed by atoms with van der Waals surface area (Å²) in [7, 11) is 0. The summed E-state index contributed by atoms with van der Waals surface area (Å²) < 4.78 is 0. The number of carbonyl (C=O) groups excluding carboxylic acids is 1. The molecule has 3 heteroatoms. The number of amides is 1. The van der Waals surface area contributed by atoms with Gasteiger partial charge in [-0.1, -0.05) is 51.1 Å².